The van der Waals surface area contributed by atoms with Gasteiger partial charge in [0.2, 0.25) is 0 Å². The summed E-state index contributed by atoms with van der Waals surface area (Å²) in [5.74, 6) is 2.06. The number of methoxy groups -OCH3 is 2. The van der Waals surface area contributed by atoms with Gasteiger partial charge in [-0.25, -0.2) is 5.43 Å². The quantitative estimate of drug-likeness (QED) is 0.208. The van der Waals surface area contributed by atoms with Gasteiger partial charge in [-0.15, -0.1) is 10.2 Å². The van der Waals surface area contributed by atoms with Crippen molar-refractivity contribution in [3.05, 3.63) is 78.4 Å². The van der Waals surface area contributed by atoms with Crippen molar-refractivity contribution in [2.24, 2.45) is 5.10 Å². The fourth-order valence-corrected chi connectivity index (χ4v) is 3.90. The first-order valence-corrected chi connectivity index (χ1v) is 11.5. The number of phenolic OH excluding ortho intramolecular Hbond substituents is 1. The van der Waals surface area contributed by atoms with Crippen LogP contribution in [-0.2, 0) is 4.79 Å². The molecule has 1 amide bonds. The van der Waals surface area contributed by atoms with Gasteiger partial charge in [-0.1, -0.05) is 11.8 Å². The molecule has 10 heteroatoms. The van der Waals surface area contributed by atoms with E-state index in [0.29, 0.717) is 11.0 Å². The summed E-state index contributed by atoms with van der Waals surface area (Å²) in [6.07, 6.45) is 1.50. The molecule has 4 rings (SSSR count). The number of carbonyl (C=O) groups excluding carboxylic acids is 1. The molecular weight excluding hydrogens is 466 g/mol. The molecule has 1 heterocycles. The average molecular weight is 490 g/mol. The molecular formula is C25H23N5O4S. The molecule has 0 aliphatic rings. The van der Waals surface area contributed by atoms with Crippen molar-refractivity contribution in [3.63, 3.8) is 0 Å². The summed E-state index contributed by atoms with van der Waals surface area (Å²) in [6, 6.07) is 21.5. The van der Waals surface area contributed by atoms with Crippen molar-refractivity contribution in [3.8, 4) is 34.3 Å². The Kier molecular flexibility index (Phi) is 7.63. The molecule has 0 aliphatic carbocycles. The number of carbonyl (C=O) groups is 1. The highest BCUT2D eigenvalue weighted by Gasteiger charge is 2.17. The average Bonchev–Trinajstić information content (AvgIpc) is 3.32. The maximum absolute atomic E-state index is 12.4. The zero-order valence-electron chi connectivity index (χ0n) is 19.1. The number of rotatable bonds is 9. The lowest BCUT2D eigenvalue weighted by Gasteiger charge is -2.11. The zero-order chi connectivity index (χ0) is 24.6. The van der Waals surface area contributed by atoms with Crippen LogP contribution in [0.2, 0.25) is 0 Å². The predicted molar refractivity (Wildman–Crippen MR) is 134 cm³/mol. The fraction of sp³-hybridized carbons (Fsp3) is 0.120. The van der Waals surface area contributed by atoms with Gasteiger partial charge in [-0.05, 0) is 78.4 Å². The third-order valence-corrected chi connectivity index (χ3v) is 5.87. The Hall–Kier alpha value is -4.31. The topological polar surface area (TPSA) is 111 Å². The largest absolute Gasteiger partial charge is 0.508 e. The zero-order valence-corrected chi connectivity index (χ0v) is 19.9. The van der Waals surface area contributed by atoms with Crippen LogP contribution in [0.1, 0.15) is 5.56 Å². The van der Waals surface area contributed by atoms with Crippen LogP contribution in [0.4, 0.5) is 0 Å². The number of nitrogens with zero attached hydrogens (tertiary/aromatic N) is 4. The highest BCUT2D eigenvalue weighted by Crippen LogP contribution is 2.29. The van der Waals surface area contributed by atoms with Gasteiger partial charge in [0.1, 0.15) is 17.2 Å². The Morgan fingerprint density at radius 1 is 0.971 bits per heavy atom. The van der Waals surface area contributed by atoms with Gasteiger partial charge in [-0.2, -0.15) is 5.10 Å². The predicted octanol–water partition coefficient (Wildman–Crippen LogP) is 3.90. The molecule has 0 aliphatic heterocycles. The van der Waals surface area contributed by atoms with E-state index in [4.69, 9.17) is 9.47 Å². The number of hydrogen-bond acceptors (Lipinski definition) is 8. The number of ether oxygens (including phenoxy) is 2. The number of phenols is 1. The molecule has 0 atom stereocenters. The first-order chi connectivity index (χ1) is 17.1. The summed E-state index contributed by atoms with van der Waals surface area (Å²) in [7, 11) is 3.23. The SMILES string of the molecule is COc1ccc(-c2nnc(SCC(=O)N/N=C\c3ccc(O)cc3)n2-c2ccc(OC)cc2)cc1. The number of aromatic nitrogens is 3. The Bertz CT molecular complexity index is 1300. The number of amides is 1. The number of hydrogen-bond donors (Lipinski definition) is 2. The summed E-state index contributed by atoms with van der Waals surface area (Å²) < 4.78 is 12.4. The summed E-state index contributed by atoms with van der Waals surface area (Å²) in [4.78, 5) is 12.4. The molecule has 178 valence electrons. The van der Waals surface area contributed by atoms with Crippen molar-refractivity contribution in [1.82, 2.24) is 20.2 Å². The number of thioether (sulfide) groups is 1. The first kappa shape index (κ1) is 23.8. The lowest BCUT2D eigenvalue weighted by molar-refractivity contribution is -0.118. The Labute approximate surface area is 206 Å². The first-order valence-electron chi connectivity index (χ1n) is 10.6. The van der Waals surface area contributed by atoms with E-state index in [-0.39, 0.29) is 17.4 Å². The van der Waals surface area contributed by atoms with Crippen molar-refractivity contribution in [2.75, 3.05) is 20.0 Å². The van der Waals surface area contributed by atoms with Gasteiger partial charge in [0.25, 0.3) is 5.91 Å². The van der Waals surface area contributed by atoms with Crippen LogP contribution < -0.4 is 14.9 Å². The molecule has 0 saturated carbocycles. The molecule has 35 heavy (non-hydrogen) atoms. The van der Waals surface area contributed by atoms with E-state index in [9.17, 15) is 9.90 Å². The Morgan fingerprint density at radius 3 is 2.23 bits per heavy atom. The van der Waals surface area contributed by atoms with Gasteiger partial charge in [0.15, 0.2) is 11.0 Å². The molecule has 0 bridgehead atoms. The smallest absolute Gasteiger partial charge is 0.250 e. The van der Waals surface area contributed by atoms with E-state index in [2.05, 4.69) is 20.7 Å². The Morgan fingerprint density at radius 2 is 1.60 bits per heavy atom. The second-order valence-electron chi connectivity index (χ2n) is 7.24. The normalized spacial score (nSPS) is 10.9. The van der Waals surface area contributed by atoms with Crippen molar-refractivity contribution >= 4 is 23.9 Å². The van der Waals surface area contributed by atoms with Gasteiger partial charge in [0, 0.05) is 11.3 Å². The summed E-state index contributed by atoms with van der Waals surface area (Å²) >= 11 is 1.25. The Balaban J connectivity index is 1.52. The van der Waals surface area contributed by atoms with Crippen molar-refractivity contribution in [2.45, 2.75) is 5.16 Å². The minimum Gasteiger partial charge on any atom is -0.508 e. The molecule has 0 radical (unpaired) electrons. The molecule has 0 spiro atoms. The minimum atomic E-state index is -0.291. The summed E-state index contributed by atoms with van der Waals surface area (Å²) in [5.41, 5.74) is 4.93. The monoisotopic (exact) mass is 489 g/mol. The third-order valence-electron chi connectivity index (χ3n) is 4.94. The maximum atomic E-state index is 12.4. The van der Waals surface area contributed by atoms with Crippen LogP contribution >= 0.6 is 11.8 Å². The summed E-state index contributed by atoms with van der Waals surface area (Å²) in [5, 5.41) is 22.6. The van der Waals surface area contributed by atoms with Crippen LogP contribution in [0.25, 0.3) is 17.1 Å². The van der Waals surface area contributed by atoms with Crippen molar-refractivity contribution < 1.29 is 19.4 Å². The van der Waals surface area contributed by atoms with Crippen LogP contribution in [0.15, 0.2) is 83.1 Å². The second kappa shape index (κ2) is 11.2. The van der Waals surface area contributed by atoms with E-state index in [1.807, 2.05) is 53.1 Å². The van der Waals surface area contributed by atoms with Gasteiger partial charge in [-0.3, -0.25) is 9.36 Å². The minimum absolute atomic E-state index is 0.0871. The molecule has 0 unspecified atom stereocenters. The number of aromatic hydroxyl groups is 1. The van der Waals surface area contributed by atoms with E-state index in [1.165, 1.54) is 18.0 Å². The van der Waals surface area contributed by atoms with E-state index < -0.39 is 0 Å². The van der Waals surface area contributed by atoms with Crippen LogP contribution in [0.3, 0.4) is 0 Å². The molecule has 2 N–H and O–H groups in total. The highest BCUT2D eigenvalue weighted by molar-refractivity contribution is 7.99. The maximum Gasteiger partial charge on any atom is 0.250 e. The van der Waals surface area contributed by atoms with E-state index >= 15 is 0 Å². The van der Waals surface area contributed by atoms with Crippen LogP contribution in [0, 0.1) is 0 Å². The van der Waals surface area contributed by atoms with E-state index in [0.717, 1.165) is 28.3 Å². The standard InChI is InChI=1S/C25H23N5O4S/c1-33-21-11-5-18(6-12-21)24-28-29-25(30(24)19-7-13-22(34-2)14-8-19)35-16-23(32)27-26-15-17-3-9-20(31)10-4-17/h3-15,31H,16H2,1-2H3,(H,27,32)/b26-15-. The molecule has 3 aromatic carbocycles. The van der Waals surface area contributed by atoms with Gasteiger partial charge >= 0.3 is 0 Å². The van der Waals surface area contributed by atoms with Gasteiger partial charge < -0.3 is 14.6 Å². The summed E-state index contributed by atoms with van der Waals surface area (Å²) in [6.45, 7) is 0. The molecule has 1 aromatic heterocycles. The van der Waals surface area contributed by atoms with Crippen LogP contribution in [-0.4, -0.2) is 52.0 Å². The lowest BCUT2D eigenvalue weighted by Crippen LogP contribution is -2.20. The third kappa shape index (κ3) is 5.98. The fourth-order valence-electron chi connectivity index (χ4n) is 3.16. The molecule has 4 aromatic rings. The molecule has 0 saturated heterocycles. The molecule has 0 fully saturated rings. The van der Waals surface area contributed by atoms with Crippen LogP contribution in [0.5, 0.6) is 17.2 Å². The number of nitrogens with one attached hydrogen (secondary N) is 1. The van der Waals surface area contributed by atoms with Gasteiger partial charge in [0.05, 0.1) is 26.2 Å². The number of benzene rings is 3. The van der Waals surface area contributed by atoms with E-state index in [1.54, 1.807) is 38.5 Å². The number of hydrazone groups is 1. The lowest BCUT2D eigenvalue weighted by atomic mass is 10.2. The molecule has 9 nitrogen and oxygen atoms in total. The van der Waals surface area contributed by atoms with Crippen molar-refractivity contribution in [1.29, 1.82) is 0 Å². The highest BCUT2D eigenvalue weighted by atomic mass is 32.2. The second-order valence-corrected chi connectivity index (χ2v) is 8.18.